The molecule has 1 aliphatic heterocycles. The SMILES string of the molecule is NCc1ccc(S(=O)(=O)NCC2CCCO2)s1. The highest BCUT2D eigenvalue weighted by atomic mass is 32.2. The molecular formula is C10H16N2O3S2. The van der Waals surface area contributed by atoms with Gasteiger partial charge < -0.3 is 10.5 Å². The van der Waals surface area contributed by atoms with Crippen LogP contribution in [0.15, 0.2) is 16.3 Å². The Morgan fingerprint density at radius 1 is 1.53 bits per heavy atom. The van der Waals surface area contributed by atoms with E-state index in [2.05, 4.69) is 4.72 Å². The van der Waals surface area contributed by atoms with Crippen LogP contribution in [0.25, 0.3) is 0 Å². The topological polar surface area (TPSA) is 81.4 Å². The lowest BCUT2D eigenvalue weighted by Crippen LogP contribution is -2.31. The zero-order chi connectivity index (χ0) is 12.3. The first-order valence-electron chi connectivity index (χ1n) is 5.52. The van der Waals surface area contributed by atoms with Gasteiger partial charge in [-0.3, -0.25) is 0 Å². The maximum absolute atomic E-state index is 11.9. The van der Waals surface area contributed by atoms with Crippen LogP contribution < -0.4 is 10.5 Å². The minimum absolute atomic E-state index is 0.0127. The summed E-state index contributed by atoms with van der Waals surface area (Å²) in [6.45, 7) is 1.44. The van der Waals surface area contributed by atoms with Crippen molar-refractivity contribution < 1.29 is 13.2 Å². The van der Waals surface area contributed by atoms with Crippen molar-refractivity contribution in [1.82, 2.24) is 4.72 Å². The van der Waals surface area contributed by atoms with Gasteiger partial charge in [0.2, 0.25) is 10.0 Å². The standard InChI is InChI=1S/C10H16N2O3S2/c11-6-9-3-4-10(16-9)17(13,14)12-7-8-2-1-5-15-8/h3-4,8,12H,1-2,5-7,11H2. The van der Waals surface area contributed by atoms with Crippen LogP contribution in [-0.2, 0) is 21.3 Å². The Morgan fingerprint density at radius 3 is 2.94 bits per heavy atom. The fraction of sp³-hybridized carbons (Fsp3) is 0.600. The predicted octanol–water partition coefficient (Wildman–Crippen LogP) is 0.664. The molecule has 2 rings (SSSR count). The molecule has 2 heterocycles. The van der Waals surface area contributed by atoms with E-state index in [1.54, 1.807) is 12.1 Å². The first-order chi connectivity index (χ1) is 8.12. The van der Waals surface area contributed by atoms with Gasteiger partial charge in [0, 0.05) is 24.6 Å². The minimum atomic E-state index is -3.40. The first-order valence-corrected chi connectivity index (χ1v) is 7.82. The van der Waals surface area contributed by atoms with E-state index < -0.39 is 10.0 Å². The second-order valence-electron chi connectivity index (χ2n) is 3.91. The highest BCUT2D eigenvalue weighted by molar-refractivity contribution is 7.91. The van der Waals surface area contributed by atoms with E-state index in [0.717, 1.165) is 24.3 Å². The molecule has 0 aliphatic carbocycles. The Kier molecular flexibility index (Phi) is 4.16. The molecule has 0 amide bonds. The normalized spacial score (nSPS) is 20.9. The number of nitrogens with two attached hydrogens (primary N) is 1. The Balaban J connectivity index is 1.97. The third-order valence-corrected chi connectivity index (χ3v) is 5.65. The van der Waals surface area contributed by atoms with Crippen molar-refractivity contribution in [1.29, 1.82) is 0 Å². The van der Waals surface area contributed by atoms with Gasteiger partial charge in [0.1, 0.15) is 4.21 Å². The smallest absolute Gasteiger partial charge is 0.250 e. The summed E-state index contributed by atoms with van der Waals surface area (Å²) in [6.07, 6.45) is 1.93. The molecule has 3 N–H and O–H groups in total. The molecule has 0 spiro atoms. The molecule has 0 saturated carbocycles. The van der Waals surface area contributed by atoms with Crippen LogP contribution in [0.2, 0.25) is 0 Å². The van der Waals surface area contributed by atoms with Crippen molar-refractivity contribution in [2.45, 2.75) is 29.7 Å². The summed E-state index contributed by atoms with van der Waals surface area (Å²) < 4.78 is 32.1. The van der Waals surface area contributed by atoms with Gasteiger partial charge in [0.15, 0.2) is 0 Å². The molecule has 5 nitrogen and oxygen atoms in total. The van der Waals surface area contributed by atoms with Crippen LogP contribution in [0, 0.1) is 0 Å². The van der Waals surface area contributed by atoms with Crippen molar-refractivity contribution in [3.63, 3.8) is 0 Å². The van der Waals surface area contributed by atoms with Crippen molar-refractivity contribution in [2.75, 3.05) is 13.2 Å². The number of sulfonamides is 1. The molecule has 1 atom stereocenters. The quantitative estimate of drug-likeness (QED) is 0.828. The molecular weight excluding hydrogens is 260 g/mol. The van der Waals surface area contributed by atoms with Crippen molar-refractivity contribution >= 4 is 21.4 Å². The second-order valence-corrected chi connectivity index (χ2v) is 7.07. The van der Waals surface area contributed by atoms with E-state index in [-0.39, 0.29) is 6.10 Å². The van der Waals surface area contributed by atoms with Crippen molar-refractivity contribution in [3.8, 4) is 0 Å². The molecule has 0 bridgehead atoms. The highest BCUT2D eigenvalue weighted by Crippen LogP contribution is 2.21. The largest absolute Gasteiger partial charge is 0.377 e. The third kappa shape index (κ3) is 3.26. The fourth-order valence-electron chi connectivity index (χ4n) is 1.69. The number of rotatable bonds is 5. The maximum atomic E-state index is 11.9. The van der Waals surface area contributed by atoms with Gasteiger partial charge in [-0.15, -0.1) is 11.3 Å². The Morgan fingerprint density at radius 2 is 2.35 bits per heavy atom. The summed E-state index contributed by atoms with van der Waals surface area (Å²) >= 11 is 1.21. The number of nitrogens with one attached hydrogen (secondary N) is 1. The Hall–Kier alpha value is -0.470. The molecule has 0 radical (unpaired) electrons. The molecule has 1 fully saturated rings. The lowest BCUT2D eigenvalue weighted by Gasteiger charge is -2.10. The summed E-state index contributed by atoms with van der Waals surface area (Å²) in [4.78, 5) is 0.863. The highest BCUT2D eigenvalue weighted by Gasteiger charge is 2.21. The lowest BCUT2D eigenvalue weighted by atomic mass is 10.2. The van der Waals surface area contributed by atoms with Crippen LogP contribution in [0.1, 0.15) is 17.7 Å². The third-order valence-electron chi connectivity index (χ3n) is 2.63. The van der Waals surface area contributed by atoms with Gasteiger partial charge in [-0.05, 0) is 25.0 Å². The van der Waals surface area contributed by atoms with Crippen LogP contribution >= 0.6 is 11.3 Å². The maximum Gasteiger partial charge on any atom is 0.250 e. The molecule has 1 aliphatic rings. The number of hydrogen-bond acceptors (Lipinski definition) is 5. The zero-order valence-corrected chi connectivity index (χ0v) is 11.0. The molecule has 1 unspecified atom stereocenters. The van der Waals surface area contributed by atoms with Crippen LogP contribution in [-0.4, -0.2) is 27.7 Å². The molecule has 17 heavy (non-hydrogen) atoms. The average molecular weight is 276 g/mol. The van der Waals surface area contributed by atoms with E-state index in [1.165, 1.54) is 11.3 Å². The monoisotopic (exact) mass is 276 g/mol. The molecule has 96 valence electrons. The van der Waals surface area contributed by atoms with E-state index >= 15 is 0 Å². The molecule has 1 aromatic heterocycles. The fourth-order valence-corrected chi connectivity index (χ4v) is 4.04. The van der Waals surface area contributed by atoms with Crippen molar-refractivity contribution in [3.05, 3.63) is 17.0 Å². The molecule has 1 saturated heterocycles. The Bertz CT molecular complexity index is 464. The summed E-state index contributed by atoms with van der Waals surface area (Å²) in [7, 11) is -3.40. The van der Waals surface area contributed by atoms with Crippen LogP contribution in [0.4, 0.5) is 0 Å². The minimum Gasteiger partial charge on any atom is -0.377 e. The summed E-state index contributed by atoms with van der Waals surface area (Å²) in [5.74, 6) is 0. The van der Waals surface area contributed by atoms with E-state index in [9.17, 15) is 8.42 Å². The second kappa shape index (κ2) is 5.45. The number of hydrogen-bond donors (Lipinski definition) is 2. The summed E-state index contributed by atoms with van der Waals surface area (Å²) in [6, 6.07) is 3.33. The van der Waals surface area contributed by atoms with Gasteiger partial charge in [-0.2, -0.15) is 0 Å². The van der Waals surface area contributed by atoms with Gasteiger partial charge in [-0.25, -0.2) is 13.1 Å². The van der Waals surface area contributed by atoms with Gasteiger partial charge in [0.25, 0.3) is 0 Å². The van der Waals surface area contributed by atoms with Crippen LogP contribution in [0.3, 0.4) is 0 Å². The Labute approximate surface area is 105 Å². The molecule has 1 aromatic rings. The zero-order valence-electron chi connectivity index (χ0n) is 9.39. The van der Waals surface area contributed by atoms with Crippen molar-refractivity contribution in [2.24, 2.45) is 5.73 Å². The molecule has 0 aromatic carbocycles. The van der Waals surface area contributed by atoms with Gasteiger partial charge in [0.05, 0.1) is 6.10 Å². The number of ether oxygens (including phenoxy) is 1. The molecule has 7 heteroatoms. The first kappa shape index (κ1) is 13.0. The van der Waals surface area contributed by atoms with Gasteiger partial charge in [-0.1, -0.05) is 0 Å². The average Bonchev–Trinajstić information content (AvgIpc) is 2.98. The summed E-state index contributed by atoms with van der Waals surface area (Å²) in [5.41, 5.74) is 5.46. The van der Waals surface area contributed by atoms with E-state index in [4.69, 9.17) is 10.5 Å². The van der Waals surface area contributed by atoms with Crippen LogP contribution in [0.5, 0.6) is 0 Å². The number of thiophene rings is 1. The van der Waals surface area contributed by atoms with E-state index in [0.29, 0.717) is 17.3 Å². The summed E-state index contributed by atoms with van der Waals surface area (Å²) in [5, 5.41) is 0. The predicted molar refractivity (Wildman–Crippen MR) is 66.4 cm³/mol. The van der Waals surface area contributed by atoms with Gasteiger partial charge >= 0.3 is 0 Å². The lowest BCUT2D eigenvalue weighted by molar-refractivity contribution is 0.114. The van der Waals surface area contributed by atoms with E-state index in [1.807, 2.05) is 0 Å².